The maximum atomic E-state index is 12.8. The maximum Gasteiger partial charge on any atom is 0.234 e. The van der Waals surface area contributed by atoms with Gasteiger partial charge in [0.1, 0.15) is 16.8 Å². The quantitative estimate of drug-likeness (QED) is 0.267. The molecular weight excluding hydrogens is 466 g/mol. The van der Waals surface area contributed by atoms with E-state index in [1.807, 2.05) is 99.6 Å². The first kappa shape index (κ1) is 25.0. The van der Waals surface area contributed by atoms with Gasteiger partial charge in [0.05, 0.1) is 23.6 Å². The molecule has 1 amide bonds. The van der Waals surface area contributed by atoms with Gasteiger partial charge in [-0.1, -0.05) is 59.8 Å². The van der Waals surface area contributed by atoms with E-state index in [1.54, 1.807) is 0 Å². The van der Waals surface area contributed by atoms with Gasteiger partial charge in [-0.25, -0.2) is 4.98 Å². The van der Waals surface area contributed by atoms with Gasteiger partial charge in [-0.05, 0) is 68.3 Å². The highest BCUT2D eigenvalue weighted by Crippen LogP contribution is 2.34. The van der Waals surface area contributed by atoms with Gasteiger partial charge in [0.25, 0.3) is 0 Å². The van der Waals surface area contributed by atoms with Crippen molar-refractivity contribution in [1.82, 2.24) is 4.98 Å². The molecule has 0 saturated carbocycles. The smallest absolute Gasteiger partial charge is 0.234 e. The maximum absolute atomic E-state index is 12.8. The number of aryl methyl sites for hydroxylation is 2. The van der Waals surface area contributed by atoms with Crippen LogP contribution in [0.25, 0.3) is 22.4 Å². The van der Waals surface area contributed by atoms with Crippen molar-refractivity contribution < 1.29 is 9.53 Å². The summed E-state index contributed by atoms with van der Waals surface area (Å²) in [5.41, 5.74) is 6.73. The van der Waals surface area contributed by atoms with Crippen LogP contribution in [0.2, 0.25) is 0 Å². The van der Waals surface area contributed by atoms with Crippen LogP contribution < -0.4 is 10.1 Å². The van der Waals surface area contributed by atoms with Crippen LogP contribution in [0.5, 0.6) is 5.75 Å². The van der Waals surface area contributed by atoms with E-state index in [9.17, 15) is 10.1 Å². The molecule has 0 bridgehead atoms. The average molecular weight is 494 g/mol. The number of ether oxygens (including phenoxy) is 1. The lowest BCUT2D eigenvalue weighted by Gasteiger charge is -2.13. The van der Waals surface area contributed by atoms with E-state index in [1.165, 1.54) is 11.8 Å². The third-order valence-corrected chi connectivity index (χ3v) is 6.62. The van der Waals surface area contributed by atoms with Gasteiger partial charge in [-0.2, -0.15) is 5.26 Å². The number of hydrogen-bond donors (Lipinski definition) is 1. The van der Waals surface area contributed by atoms with Crippen LogP contribution in [0, 0.1) is 25.2 Å². The van der Waals surface area contributed by atoms with Crippen LogP contribution in [-0.2, 0) is 4.79 Å². The van der Waals surface area contributed by atoms with Crippen molar-refractivity contribution in [3.05, 3.63) is 95.6 Å². The molecule has 5 nitrogen and oxygen atoms in total. The van der Waals surface area contributed by atoms with E-state index in [0.717, 1.165) is 44.9 Å². The van der Waals surface area contributed by atoms with Gasteiger partial charge in [0.15, 0.2) is 0 Å². The Balaban J connectivity index is 1.66. The Morgan fingerprint density at radius 3 is 2.42 bits per heavy atom. The van der Waals surface area contributed by atoms with Crippen molar-refractivity contribution in [3.63, 3.8) is 0 Å². The molecule has 36 heavy (non-hydrogen) atoms. The van der Waals surface area contributed by atoms with E-state index in [4.69, 9.17) is 9.72 Å². The first-order chi connectivity index (χ1) is 17.5. The molecule has 0 saturated heterocycles. The second-order valence-electron chi connectivity index (χ2n) is 8.33. The molecule has 0 aliphatic carbocycles. The van der Waals surface area contributed by atoms with Crippen LogP contribution in [-0.4, -0.2) is 23.3 Å². The van der Waals surface area contributed by atoms with E-state index >= 15 is 0 Å². The summed E-state index contributed by atoms with van der Waals surface area (Å²) in [5.74, 6) is 0.775. The molecule has 4 aromatic rings. The standard InChI is InChI=1S/C30H27N3O2S/c1-4-35-24-13-11-23(12-14-24)28-17-25(22-8-6-5-7-9-22)26(18-31)30(33-28)36-19-29(34)32-27-15-10-20(2)16-21(27)3/h5-17H,4,19H2,1-3H3,(H,32,34). The fourth-order valence-electron chi connectivity index (χ4n) is 3.89. The highest BCUT2D eigenvalue weighted by atomic mass is 32.2. The number of amides is 1. The topological polar surface area (TPSA) is 75.0 Å². The molecule has 0 aliphatic rings. The second kappa shape index (κ2) is 11.6. The van der Waals surface area contributed by atoms with Crippen LogP contribution in [0.1, 0.15) is 23.6 Å². The minimum absolute atomic E-state index is 0.135. The summed E-state index contributed by atoms with van der Waals surface area (Å²) in [6, 6.07) is 27.7. The van der Waals surface area contributed by atoms with Crippen molar-refractivity contribution >= 4 is 23.4 Å². The monoisotopic (exact) mass is 493 g/mol. The van der Waals surface area contributed by atoms with Crippen LogP contribution in [0.15, 0.2) is 83.9 Å². The average Bonchev–Trinajstić information content (AvgIpc) is 2.89. The van der Waals surface area contributed by atoms with E-state index in [-0.39, 0.29) is 11.7 Å². The lowest BCUT2D eigenvalue weighted by molar-refractivity contribution is -0.113. The molecule has 0 fully saturated rings. The Kier molecular flexibility index (Phi) is 8.04. The molecule has 1 heterocycles. The van der Waals surface area contributed by atoms with Crippen molar-refractivity contribution in [2.75, 3.05) is 17.7 Å². The molecule has 1 aromatic heterocycles. The Bertz CT molecular complexity index is 1410. The summed E-state index contributed by atoms with van der Waals surface area (Å²) in [4.78, 5) is 17.6. The summed E-state index contributed by atoms with van der Waals surface area (Å²) in [5, 5.41) is 13.6. The fourth-order valence-corrected chi connectivity index (χ4v) is 4.69. The number of nitrogens with zero attached hydrogens (tertiary/aromatic N) is 2. The molecule has 0 radical (unpaired) electrons. The van der Waals surface area contributed by atoms with Crippen LogP contribution in [0.3, 0.4) is 0 Å². The predicted molar refractivity (Wildman–Crippen MR) is 146 cm³/mol. The Labute approximate surface area is 216 Å². The van der Waals surface area contributed by atoms with E-state index in [2.05, 4.69) is 11.4 Å². The number of pyridine rings is 1. The van der Waals surface area contributed by atoms with Gasteiger partial charge in [-0.3, -0.25) is 4.79 Å². The molecule has 0 aliphatic heterocycles. The van der Waals surface area contributed by atoms with Crippen molar-refractivity contribution in [2.24, 2.45) is 0 Å². The number of nitrogens with one attached hydrogen (secondary N) is 1. The van der Waals surface area contributed by atoms with Gasteiger partial charge in [-0.15, -0.1) is 0 Å². The number of thioether (sulfide) groups is 1. The number of carbonyl (C=O) groups excluding carboxylic acids is 1. The highest BCUT2D eigenvalue weighted by molar-refractivity contribution is 8.00. The van der Waals surface area contributed by atoms with Crippen LogP contribution in [0.4, 0.5) is 5.69 Å². The third kappa shape index (κ3) is 5.94. The van der Waals surface area contributed by atoms with Gasteiger partial charge < -0.3 is 10.1 Å². The largest absolute Gasteiger partial charge is 0.494 e. The summed E-state index contributed by atoms with van der Waals surface area (Å²) in [6.45, 7) is 6.53. The first-order valence-corrected chi connectivity index (χ1v) is 12.7. The number of anilines is 1. The molecule has 1 N–H and O–H groups in total. The summed E-state index contributed by atoms with van der Waals surface area (Å²) in [7, 11) is 0. The SMILES string of the molecule is CCOc1ccc(-c2cc(-c3ccccc3)c(C#N)c(SCC(=O)Nc3ccc(C)cc3C)n2)cc1. The molecule has 0 spiro atoms. The molecule has 0 atom stereocenters. The lowest BCUT2D eigenvalue weighted by Crippen LogP contribution is -2.15. The minimum atomic E-state index is -0.148. The highest BCUT2D eigenvalue weighted by Gasteiger charge is 2.17. The second-order valence-corrected chi connectivity index (χ2v) is 9.29. The number of nitriles is 1. The lowest BCUT2D eigenvalue weighted by atomic mass is 9.99. The molecule has 0 unspecified atom stereocenters. The van der Waals surface area contributed by atoms with Gasteiger partial charge >= 0.3 is 0 Å². The zero-order valence-electron chi connectivity index (χ0n) is 20.5. The Morgan fingerprint density at radius 2 is 1.75 bits per heavy atom. The summed E-state index contributed by atoms with van der Waals surface area (Å²) < 4.78 is 5.57. The minimum Gasteiger partial charge on any atom is -0.494 e. The Hall–Kier alpha value is -4.08. The third-order valence-electron chi connectivity index (χ3n) is 5.64. The van der Waals surface area contributed by atoms with Gasteiger partial charge in [0.2, 0.25) is 5.91 Å². The number of carbonyl (C=O) groups is 1. The molecular formula is C30H27N3O2S. The van der Waals surface area contributed by atoms with E-state index in [0.29, 0.717) is 17.2 Å². The fraction of sp³-hybridized carbons (Fsp3) is 0.167. The van der Waals surface area contributed by atoms with Crippen LogP contribution >= 0.6 is 11.8 Å². The number of benzene rings is 3. The van der Waals surface area contributed by atoms with Crippen molar-refractivity contribution in [3.8, 4) is 34.2 Å². The normalized spacial score (nSPS) is 10.5. The summed E-state index contributed by atoms with van der Waals surface area (Å²) >= 11 is 1.27. The van der Waals surface area contributed by atoms with Crippen molar-refractivity contribution in [1.29, 1.82) is 5.26 Å². The Morgan fingerprint density at radius 1 is 1.00 bits per heavy atom. The molecule has 3 aromatic carbocycles. The number of rotatable bonds is 8. The number of aromatic nitrogens is 1. The van der Waals surface area contributed by atoms with Gasteiger partial charge in [0, 0.05) is 16.8 Å². The van der Waals surface area contributed by atoms with Crippen molar-refractivity contribution in [2.45, 2.75) is 25.8 Å². The zero-order valence-corrected chi connectivity index (χ0v) is 21.4. The van der Waals surface area contributed by atoms with E-state index < -0.39 is 0 Å². The predicted octanol–water partition coefficient (Wildman–Crippen LogP) is 7.03. The molecule has 180 valence electrons. The molecule has 4 rings (SSSR count). The number of hydrogen-bond acceptors (Lipinski definition) is 5. The molecule has 6 heteroatoms. The zero-order chi connectivity index (χ0) is 25.5. The first-order valence-electron chi connectivity index (χ1n) is 11.7. The summed E-state index contributed by atoms with van der Waals surface area (Å²) in [6.07, 6.45) is 0.